The van der Waals surface area contributed by atoms with Gasteiger partial charge in [-0.3, -0.25) is 14.8 Å². The van der Waals surface area contributed by atoms with Gasteiger partial charge in [0, 0.05) is 29.7 Å². The zero-order valence-electron chi connectivity index (χ0n) is 13.9. The lowest BCUT2D eigenvalue weighted by Crippen LogP contribution is -2.27. The number of aromatic nitrogens is 2. The quantitative estimate of drug-likeness (QED) is 0.749. The molecule has 1 unspecified atom stereocenters. The molecule has 1 atom stereocenters. The van der Waals surface area contributed by atoms with Gasteiger partial charge in [-0.25, -0.2) is 0 Å². The maximum absolute atomic E-state index is 12.3. The summed E-state index contributed by atoms with van der Waals surface area (Å²) in [6.45, 7) is 2.35. The largest absolute Gasteiger partial charge is 0.489 e. The summed E-state index contributed by atoms with van der Waals surface area (Å²) in [5.74, 6) is 0.565. The Hall–Kier alpha value is -3.21. The molecular formula is C20H19N3O2. The van der Waals surface area contributed by atoms with E-state index in [4.69, 9.17) is 4.74 Å². The first-order valence-electron chi connectivity index (χ1n) is 8.06. The summed E-state index contributed by atoms with van der Waals surface area (Å²) < 4.78 is 5.70. The van der Waals surface area contributed by atoms with Gasteiger partial charge in [-0.1, -0.05) is 12.1 Å². The summed E-state index contributed by atoms with van der Waals surface area (Å²) in [6, 6.07) is 16.4. The van der Waals surface area contributed by atoms with Gasteiger partial charge < -0.3 is 10.1 Å². The summed E-state index contributed by atoms with van der Waals surface area (Å²) in [6.07, 6.45) is 5.20. The van der Waals surface area contributed by atoms with Gasteiger partial charge in [0.1, 0.15) is 12.4 Å². The van der Waals surface area contributed by atoms with Crippen molar-refractivity contribution in [1.29, 1.82) is 0 Å². The zero-order chi connectivity index (χ0) is 17.5. The average molecular weight is 333 g/mol. The number of hydrogen-bond donors (Lipinski definition) is 1. The number of pyridine rings is 2. The fourth-order valence-electron chi connectivity index (χ4n) is 2.34. The van der Waals surface area contributed by atoms with E-state index in [1.165, 1.54) is 0 Å². The van der Waals surface area contributed by atoms with Crippen LogP contribution in [-0.2, 0) is 6.61 Å². The van der Waals surface area contributed by atoms with Crippen molar-refractivity contribution in [3.8, 4) is 5.75 Å². The molecular weight excluding hydrogens is 314 g/mol. The first kappa shape index (κ1) is 16.6. The Balaban J connectivity index is 1.57. The molecule has 126 valence electrons. The standard InChI is InChI=1S/C20H19N3O2/c1-15(19-6-2-3-12-22-19)23-20(24)17-7-9-18(10-8-17)25-14-16-5-4-11-21-13-16/h2-13,15H,14H2,1H3,(H,23,24). The summed E-state index contributed by atoms with van der Waals surface area (Å²) in [4.78, 5) is 20.6. The van der Waals surface area contributed by atoms with E-state index >= 15 is 0 Å². The second kappa shape index (κ2) is 8.06. The maximum Gasteiger partial charge on any atom is 0.251 e. The van der Waals surface area contributed by atoms with Crippen LogP contribution in [0.5, 0.6) is 5.75 Å². The van der Waals surface area contributed by atoms with E-state index in [2.05, 4.69) is 15.3 Å². The van der Waals surface area contributed by atoms with Crippen molar-refractivity contribution in [2.24, 2.45) is 0 Å². The van der Waals surface area contributed by atoms with Crippen LogP contribution in [0.3, 0.4) is 0 Å². The topological polar surface area (TPSA) is 64.1 Å². The third-order valence-corrected chi connectivity index (χ3v) is 3.72. The minimum atomic E-state index is -0.157. The lowest BCUT2D eigenvalue weighted by Gasteiger charge is -2.13. The van der Waals surface area contributed by atoms with E-state index in [0.29, 0.717) is 17.9 Å². The Kier molecular flexibility index (Phi) is 5.36. The molecule has 5 nitrogen and oxygen atoms in total. The number of benzene rings is 1. The average Bonchev–Trinajstić information content (AvgIpc) is 2.68. The van der Waals surface area contributed by atoms with Gasteiger partial charge in [-0.2, -0.15) is 0 Å². The van der Waals surface area contributed by atoms with Crippen molar-refractivity contribution < 1.29 is 9.53 Å². The van der Waals surface area contributed by atoms with Crippen LogP contribution >= 0.6 is 0 Å². The van der Waals surface area contributed by atoms with Crippen LogP contribution in [0.1, 0.15) is 34.6 Å². The molecule has 2 aromatic heterocycles. The molecule has 0 aliphatic heterocycles. The highest BCUT2D eigenvalue weighted by molar-refractivity contribution is 5.94. The van der Waals surface area contributed by atoms with Crippen LogP contribution in [0, 0.1) is 0 Å². The number of amides is 1. The molecule has 1 amide bonds. The molecule has 3 aromatic rings. The molecule has 2 heterocycles. The summed E-state index contributed by atoms with van der Waals surface area (Å²) in [7, 11) is 0. The van der Waals surface area contributed by atoms with Crippen LogP contribution in [0.15, 0.2) is 73.2 Å². The Labute approximate surface area is 146 Å². The van der Waals surface area contributed by atoms with Crippen molar-refractivity contribution in [1.82, 2.24) is 15.3 Å². The summed E-state index contributed by atoms with van der Waals surface area (Å²) in [5.41, 5.74) is 2.40. The van der Waals surface area contributed by atoms with Gasteiger partial charge in [0.25, 0.3) is 5.91 Å². The number of ether oxygens (including phenoxy) is 1. The van der Waals surface area contributed by atoms with Crippen LogP contribution in [0.2, 0.25) is 0 Å². The highest BCUT2D eigenvalue weighted by Gasteiger charge is 2.12. The van der Waals surface area contributed by atoms with Crippen molar-refractivity contribution in [2.45, 2.75) is 19.6 Å². The highest BCUT2D eigenvalue weighted by Crippen LogP contribution is 2.15. The third kappa shape index (κ3) is 4.64. The van der Waals surface area contributed by atoms with Crippen LogP contribution < -0.4 is 10.1 Å². The number of rotatable bonds is 6. The number of hydrogen-bond acceptors (Lipinski definition) is 4. The first-order chi connectivity index (χ1) is 12.2. The smallest absolute Gasteiger partial charge is 0.251 e. The molecule has 0 aliphatic rings. The summed E-state index contributed by atoms with van der Waals surface area (Å²) >= 11 is 0. The second-order valence-electron chi connectivity index (χ2n) is 5.62. The van der Waals surface area contributed by atoms with Crippen molar-refractivity contribution in [3.63, 3.8) is 0 Å². The molecule has 0 bridgehead atoms. The molecule has 0 saturated heterocycles. The fraction of sp³-hybridized carbons (Fsp3) is 0.150. The Morgan fingerprint density at radius 3 is 2.60 bits per heavy atom. The van der Waals surface area contributed by atoms with E-state index in [1.54, 1.807) is 42.9 Å². The fourth-order valence-corrected chi connectivity index (χ4v) is 2.34. The maximum atomic E-state index is 12.3. The molecule has 1 aromatic carbocycles. The number of nitrogens with zero attached hydrogens (tertiary/aromatic N) is 2. The van der Waals surface area contributed by atoms with Crippen LogP contribution in [-0.4, -0.2) is 15.9 Å². The van der Waals surface area contributed by atoms with Crippen LogP contribution in [0.25, 0.3) is 0 Å². The lowest BCUT2D eigenvalue weighted by molar-refractivity contribution is 0.0939. The molecule has 5 heteroatoms. The molecule has 0 spiro atoms. The minimum absolute atomic E-state index is 0.142. The molecule has 3 rings (SSSR count). The van der Waals surface area contributed by atoms with Crippen LogP contribution in [0.4, 0.5) is 0 Å². The van der Waals surface area contributed by atoms with Gasteiger partial charge in [-0.05, 0) is 49.4 Å². The van der Waals surface area contributed by atoms with E-state index in [1.807, 2.05) is 37.3 Å². The van der Waals surface area contributed by atoms with E-state index in [0.717, 1.165) is 11.3 Å². The van der Waals surface area contributed by atoms with E-state index in [9.17, 15) is 4.79 Å². The van der Waals surface area contributed by atoms with E-state index < -0.39 is 0 Å². The number of nitrogens with one attached hydrogen (secondary N) is 1. The monoisotopic (exact) mass is 333 g/mol. The van der Waals surface area contributed by atoms with E-state index in [-0.39, 0.29) is 11.9 Å². The molecule has 0 radical (unpaired) electrons. The van der Waals surface area contributed by atoms with Gasteiger partial charge >= 0.3 is 0 Å². The highest BCUT2D eigenvalue weighted by atomic mass is 16.5. The Morgan fingerprint density at radius 1 is 1.08 bits per heavy atom. The minimum Gasteiger partial charge on any atom is -0.489 e. The molecule has 0 aliphatic carbocycles. The van der Waals surface area contributed by atoms with Gasteiger partial charge in [0.05, 0.1) is 11.7 Å². The van der Waals surface area contributed by atoms with Crippen molar-refractivity contribution in [2.75, 3.05) is 0 Å². The Bertz CT molecular complexity index is 805. The zero-order valence-corrected chi connectivity index (χ0v) is 13.9. The molecule has 25 heavy (non-hydrogen) atoms. The second-order valence-corrected chi connectivity index (χ2v) is 5.62. The number of carbonyl (C=O) groups excluding carboxylic acids is 1. The third-order valence-electron chi connectivity index (χ3n) is 3.72. The normalized spacial score (nSPS) is 11.6. The molecule has 0 fully saturated rings. The summed E-state index contributed by atoms with van der Waals surface area (Å²) in [5, 5.41) is 2.94. The lowest BCUT2D eigenvalue weighted by atomic mass is 10.1. The van der Waals surface area contributed by atoms with Gasteiger partial charge in [-0.15, -0.1) is 0 Å². The van der Waals surface area contributed by atoms with Gasteiger partial charge in [0.2, 0.25) is 0 Å². The molecule has 0 saturated carbocycles. The number of carbonyl (C=O) groups is 1. The molecule has 1 N–H and O–H groups in total. The Morgan fingerprint density at radius 2 is 1.92 bits per heavy atom. The predicted octanol–water partition coefficient (Wildman–Crippen LogP) is 3.55. The first-order valence-corrected chi connectivity index (χ1v) is 8.06. The predicted molar refractivity (Wildman–Crippen MR) is 95.1 cm³/mol. The van der Waals surface area contributed by atoms with Crippen molar-refractivity contribution >= 4 is 5.91 Å². The van der Waals surface area contributed by atoms with Gasteiger partial charge in [0.15, 0.2) is 0 Å². The SMILES string of the molecule is CC(NC(=O)c1ccc(OCc2cccnc2)cc1)c1ccccn1. The van der Waals surface area contributed by atoms with Crippen molar-refractivity contribution in [3.05, 3.63) is 90.0 Å².